The standard InChI is InChI=1S/2C5H5.2C2H5.2CH3.H2Si.Zr/c2*1-2-4-5-3-1;2*1-2;;;;/h2*1-3H,4H2;2*1H2,2H3;2*1H3;1H2;. The molecule has 2 aliphatic carbocycles. The normalized spacial score (nSPS) is 25.0. The van der Waals surface area contributed by atoms with Crippen LogP contribution in [0.2, 0.25) is 17.5 Å². The van der Waals surface area contributed by atoms with Gasteiger partial charge in [0.2, 0.25) is 0 Å². The quantitative estimate of drug-likeness (QED) is 0.635. The van der Waals surface area contributed by atoms with Crippen LogP contribution in [-0.2, 0) is 14.4 Å². The first kappa shape index (κ1) is 14.5. The van der Waals surface area contributed by atoms with Crippen molar-refractivity contribution in [3.05, 3.63) is 43.0 Å². The zero-order valence-electron chi connectivity index (χ0n) is 12.5. The molecule has 0 amide bonds. The van der Waals surface area contributed by atoms with Gasteiger partial charge in [0, 0.05) is 0 Å². The Bertz CT molecular complexity index is 593. The van der Waals surface area contributed by atoms with Crippen LogP contribution in [0.15, 0.2) is 43.0 Å². The summed E-state index contributed by atoms with van der Waals surface area (Å²) in [5.41, 5.74) is 0. The van der Waals surface area contributed by atoms with Crippen LogP contribution in [0.25, 0.3) is 0 Å². The molecule has 100 valence electrons. The van der Waals surface area contributed by atoms with Gasteiger partial charge in [0.1, 0.15) is 0 Å². The van der Waals surface area contributed by atoms with Gasteiger partial charge in [0.05, 0.1) is 0 Å². The van der Waals surface area contributed by atoms with E-state index in [0.717, 1.165) is 0 Å². The first-order chi connectivity index (χ1) is 8.15. The minimum absolute atomic E-state index is 1.18. The van der Waals surface area contributed by atoms with E-state index in [2.05, 4.69) is 66.4 Å². The molecule has 0 aromatic rings. The molecule has 18 heavy (non-hydrogen) atoms. The predicted octanol–water partition coefficient (Wildman–Crippen LogP) is 4.96. The maximum absolute atomic E-state index is 3.92. The van der Waals surface area contributed by atoms with E-state index in [1.807, 2.05) is 0 Å². The Kier molecular flexibility index (Phi) is 2.58. The molecule has 0 N–H and O–H groups in total. The topological polar surface area (TPSA) is 0 Å². The fourth-order valence-electron chi connectivity index (χ4n) is 3.97. The van der Waals surface area contributed by atoms with Crippen LogP contribution in [0.4, 0.5) is 0 Å². The molecule has 2 heteroatoms. The molecule has 0 spiro atoms. The van der Waals surface area contributed by atoms with E-state index in [1.165, 1.54) is 21.1 Å². The van der Waals surface area contributed by atoms with Gasteiger partial charge in [0.15, 0.2) is 0 Å². The average Bonchev–Trinajstić information content (AvgIpc) is 3.04. The summed E-state index contributed by atoms with van der Waals surface area (Å²) in [7, 11) is 0. The first-order valence-corrected chi connectivity index (χ1v) is 24.2. The summed E-state index contributed by atoms with van der Waals surface area (Å²) in [6.07, 6.45) is 16.5. The third kappa shape index (κ3) is 1.45. The number of allylic oxidation sites excluding steroid dienone is 8. The van der Waals surface area contributed by atoms with E-state index < -0.39 is 14.4 Å². The molecule has 0 heterocycles. The van der Waals surface area contributed by atoms with E-state index in [0.29, 0.717) is 0 Å². The number of rotatable bonds is 4. The van der Waals surface area contributed by atoms with Crippen LogP contribution in [0.1, 0.15) is 26.7 Å². The molecule has 0 saturated heterocycles. The van der Waals surface area contributed by atoms with Crippen molar-refractivity contribution in [2.24, 2.45) is 0 Å². The second-order valence-corrected chi connectivity index (χ2v) is 61.3. The van der Waals surface area contributed by atoms with Crippen molar-refractivity contribution >= 4 is 6.88 Å². The molecule has 0 saturated carbocycles. The van der Waals surface area contributed by atoms with Crippen molar-refractivity contribution in [1.82, 2.24) is 0 Å². The molecule has 0 fully saturated rings. The Balaban J connectivity index is 2.89. The molecular formula is C16H28SiZr. The Labute approximate surface area is 108 Å². The van der Waals surface area contributed by atoms with Gasteiger partial charge < -0.3 is 0 Å². The predicted molar refractivity (Wildman–Crippen MR) is 84.9 cm³/mol. The van der Waals surface area contributed by atoms with Gasteiger partial charge in [-0.1, -0.05) is 0 Å². The Morgan fingerprint density at radius 3 is 1.56 bits per heavy atom. The van der Waals surface area contributed by atoms with Crippen molar-refractivity contribution in [2.45, 2.75) is 44.2 Å². The molecule has 0 aliphatic heterocycles. The van der Waals surface area contributed by atoms with Crippen LogP contribution >= 0.6 is 0 Å². The first-order valence-electron chi connectivity index (χ1n) is 7.41. The third-order valence-corrected chi connectivity index (χ3v) is 50.7. The zero-order chi connectivity index (χ0) is 13.6. The summed E-state index contributed by atoms with van der Waals surface area (Å²) in [5, 5.41) is 0. The third-order valence-electron chi connectivity index (χ3n) is 7.63. The van der Waals surface area contributed by atoms with Gasteiger partial charge in [-0.05, 0) is 0 Å². The molecule has 0 atom stereocenters. The van der Waals surface area contributed by atoms with E-state index in [9.17, 15) is 0 Å². The Morgan fingerprint density at radius 1 is 0.944 bits per heavy atom. The van der Waals surface area contributed by atoms with E-state index in [1.54, 1.807) is 6.56 Å². The zero-order valence-corrected chi connectivity index (χ0v) is 16.4. The van der Waals surface area contributed by atoms with E-state index in [-0.39, 0.29) is 0 Å². The molecule has 0 aromatic heterocycles. The summed E-state index contributed by atoms with van der Waals surface area (Å²) in [6, 6.07) is 0. The molecule has 2 aliphatic rings. The second-order valence-electron chi connectivity index (χ2n) is 8.91. The van der Waals surface area contributed by atoms with Crippen molar-refractivity contribution in [3.8, 4) is 0 Å². The van der Waals surface area contributed by atoms with Gasteiger partial charge in [-0.3, -0.25) is 0 Å². The maximum atomic E-state index is 2.70. The molecule has 2 rings (SSSR count). The summed E-state index contributed by atoms with van der Waals surface area (Å²) in [5.74, 6) is 0. The van der Waals surface area contributed by atoms with Crippen LogP contribution in [0, 0.1) is 0 Å². The molecule has 0 bridgehead atoms. The summed E-state index contributed by atoms with van der Waals surface area (Å²) in [4.78, 5) is 0. The average molecular weight is 340 g/mol. The molecular weight excluding hydrogens is 311 g/mol. The van der Waals surface area contributed by atoms with Crippen LogP contribution < -0.4 is 0 Å². The van der Waals surface area contributed by atoms with Gasteiger partial charge in [-0.15, -0.1) is 0 Å². The fourth-order valence-corrected chi connectivity index (χ4v) is 23.3. The van der Waals surface area contributed by atoms with E-state index >= 15 is 0 Å². The fraction of sp³-hybridized carbons (Fsp3) is 0.500. The van der Waals surface area contributed by atoms with Gasteiger partial charge >= 0.3 is 109 Å². The van der Waals surface area contributed by atoms with E-state index in [4.69, 9.17) is 0 Å². The van der Waals surface area contributed by atoms with Crippen LogP contribution in [0.3, 0.4) is 0 Å². The monoisotopic (exact) mass is 338 g/mol. The van der Waals surface area contributed by atoms with Gasteiger partial charge in [-0.2, -0.15) is 0 Å². The van der Waals surface area contributed by atoms with Crippen molar-refractivity contribution < 1.29 is 14.4 Å². The molecule has 0 aromatic carbocycles. The van der Waals surface area contributed by atoms with Gasteiger partial charge in [0.25, 0.3) is 0 Å². The number of hydrogen-bond acceptors (Lipinski definition) is 0. The molecule has 0 nitrogen and oxygen atoms in total. The Morgan fingerprint density at radius 2 is 1.33 bits per heavy atom. The van der Waals surface area contributed by atoms with Crippen molar-refractivity contribution in [1.29, 1.82) is 0 Å². The molecule has 0 unspecified atom stereocenters. The molecule has 0 radical (unpaired) electrons. The SMILES string of the molecule is C[CH2][Zr]([CH3])([CH3])(=[SiH2])([CH2]C)([C]1=CC=CC1)[C]1=CC=CC1. The van der Waals surface area contributed by atoms with Crippen LogP contribution in [-0.4, -0.2) is 6.88 Å². The second kappa shape index (κ2) is 3.20. The minimum atomic E-state index is -3.92. The van der Waals surface area contributed by atoms with Gasteiger partial charge in [-0.25, -0.2) is 0 Å². The van der Waals surface area contributed by atoms with Crippen molar-refractivity contribution in [2.75, 3.05) is 0 Å². The number of hydrogen-bond donors (Lipinski definition) is 0. The Hall–Kier alpha value is 0.0600. The van der Waals surface area contributed by atoms with Crippen LogP contribution in [0.5, 0.6) is 0 Å². The summed E-state index contributed by atoms with van der Waals surface area (Å²) >= 11 is -3.92. The van der Waals surface area contributed by atoms with Crippen molar-refractivity contribution in [3.63, 3.8) is 0 Å². The summed E-state index contributed by atoms with van der Waals surface area (Å²) < 4.78 is 11.6. The summed E-state index contributed by atoms with van der Waals surface area (Å²) in [6.45, 7) is 7.30.